The number of pyridine rings is 1. The van der Waals surface area contributed by atoms with Gasteiger partial charge in [0.2, 0.25) is 0 Å². The first-order valence-corrected chi connectivity index (χ1v) is 6.26. The molecule has 19 heavy (non-hydrogen) atoms. The summed E-state index contributed by atoms with van der Waals surface area (Å²) in [6, 6.07) is 6.78. The lowest BCUT2D eigenvalue weighted by atomic mass is 9.97. The van der Waals surface area contributed by atoms with Gasteiger partial charge in [0.25, 0.3) is 0 Å². The topological polar surface area (TPSA) is 42.0 Å². The molecule has 3 nitrogen and oxygen atoms in total. The quantitative estimate of drug-likeness (QED) is 0.840. The summed E-state index contributed by atoms with van der Waals surface area (Å²) in [5, 5.41) is 3.29. The van der Waals surface area contributed by atoms with Gasteiger partial charge in [-0.1, -0.05) is 0 Å². The van der Waals surface area contributed by atoms with E-state index in [0.29, 0.717) is 5.56 Å². The van der Waals surface area contributed by atoms with Crippen molar-refractivity contribution in [3.8, 4) is 0 Å². The molecule has 1 aliphatic rings. The largest absolute Gasteiger partial charge is 0.385 e. The van der Waals surface area contributed by atoms with Crippen molar-refractivity contribution in [3.05, 3.63) is 59.2 Å². The van der Waals surface area contributed by atoms with Crippen molar-refractivity contribution < 1.29 is 9.18 Å². The van der Waals surface area contributed by atoms with Crippen molar-refractivity contribution in [2.24, 2.45) is 0 Å². The summed E-state index contributed by atoms with van der Waals surface area (Å²) in [4.78, 5) is 16.0. The molecular formula is C15H13FN2O. The van der Waals surface area contributed by atoms with Crippen LogP contribution in [0.15, 0.2) is 36.7 Å². The van der Waals surface area contributed by atoms with Crippen molar-refractivity contribution >= 4 is 11.5 Å². The third-order valence-electron chi connectivity index (χ3n) is 3.27. The van der Waals surface area contributed by atoms with Crippen LogP contribution in [0.25, 0.3) is 0 Å². The number of rotatable bonds is 2. The van der Waals surface area contributed by atoms with E-state index in [2.05, 4.69) is 10.3 Å². The number of aromatic nitrogens is 1. The molecule has 0 amide bonds. The maximum atomic E-state index is 13.1. The highest BCUT2D eigenvalue weighted by molar-refractivity contribution is 6.09. The van der Waals surface area contributed by atoms with Crippen LogP contribution >= 0.6 is 0 Å². The average Bonchev–Trinajstić information content (AvgIpc) is 2.46. The maximum absolute atomic E-state index is 13.1. The summed E-state index contributed by atoms with van der Waals surface area (Å²) in [7, 11) is 0. The van der Waals surface area contributed by atoms with Gasteiger partial charge >= 0.3 is 0 Å². The molecule has 0 bridgehead atoms. The molecule has 1 aliphatic heterocycles. The van der Waals surface area contributed by atoms with Gasteiger partial charge in [-0.2, -0.15) is 0 Å². The van der Waals surface area contributed by atoms with Crippen LogP contribution in [0.4, 0.5) is 10.1 Å². The number of ketones is 1. The summed E-state index contributed by atoms with van der Waals surface area (Å²) in [6.45, 7) is 0.966. The number of nitrogens with one attached hydrogen (secondary N) is 1. The lowest BCUT2D eigenvalue weighted by Gasteiger charge is -2.18. The Morgan fingerprint density at radius 2 is 2.11 bits per heavy atom. The minimum Gasteiger partial charge on any atom is -0.385 e. The molecule has 3 rings (SSSR count). The Morgan fingerprint density at radius 1 is 1.21 bits per heavy atom. The normalized spacial score (nSPS) is 13.5. The third-order valence-corrected chi connectivity index (χ3v) is 3.27. The molecule has 0 atom stereocenters. The first-order valence-electron chi connectivity index (χ1n) is 6.26. The number of hydrogen-bond donors (Lipinski definition) is 1. The zero-order valence-corrected chi connectivity index (χ0v) is 10.3. The standard InChI is InChI=1S/C15H13FN2O/c16-13-7-12(8-17-9-13)15(19)11-3-4-14-10(6-11)2-1-5-18-14/h3-4,6-9,18H,1-2,5H2. The van der Waals surface area contributed by atoms with Crippen LogP contribution in [0, 0.1) is 5.82 Å². The van der Waals surface area contributed by atoms with E-state index in [0.717, 1.165) is 36.8 Å². The second-order valence-corrected chi connectivity index (χ2v) is 4.62. The number of carbonyl (C=O) groups excluding carboxylic acids is 1. The number of carbonyl (C=O) groups is 1. The summed E-state index contributed by atoms with van der Waals surface area (Å²) < 4.78 is 13.1. The fraction of sp³-hybridized carbons (Fsp3) is 0.200. The number of fused-ring (bicyclic) bond motifs is 1. The summed E-state index contributed by atoms with van der Waals surface area (Å²) >= 11 is 0. The van der Waals surface area contributed by atoms with Crippen LogP contribution in [0.2, 0.25) is 0 Å². The van der Waals surface area contributed by atoms with E-state index < -0.39 is 5.82 Å². The highest BCUT2D eigenvalue weighted by atomic mass is 19.1. The monoisotopic (exact) mass is 256 g/mol. The van der Waals surface area contributed by atoms with Gasteiger partial charge < -0.3 is 5.32 Å². The van der Waals surface area contributed by atoms with Crippen LogP contribution < -0.4 is 5.32 Å². The molecule has 2 aromatic rings. The van der Waals surface area contributed by atoms with E-state index in [-0.39, 0.29) is 11.3 Å². The molecule has 0 aliphatic carbocycles. The maximum Gasteiger partial charge on any atom is 0.194 e. The van der Waals surface area contributed by atoms with Crippen molar-refractivity contribution in [1.82, 2.24) is 4.98 Å². The van der Waals surface area contributed by atoms with E-state index in [1.54, 1.807) is 6.07 Å². The first kappa shape index (κ1) is 11.8. The van der Waals surface area contributed by atoms with Crippen molar-refractivity contribution in [2.45, 2.75) is 12.8 Å². The smallest absolute Gasteiger partial charge is 0.194 e. The Balaban J connectivity index is 1.96. The fourth-order valence-electron chi connectivity index (χ4n) is 2.32. The number of nitrogens with zero attached hydrogens (tertiary/aromatic N) is 1. The molecule has 1 aromatic heterocycles. The molecule has 96 valence electrons. The molecule has 0 saturated carbocycles. The minimum absolute atomic E-state index is 0.194. The van der Waals surface area contributed by atoms with Crippen molar-refractivity contribution in [2.75, 3.05) is 11.9 Å². The Bertz CT molecular complexity index is 640. The molecule has 1 N–H and O–H groups in total. The minimum atomic E-state index is -0.495. The molecular weight excluding hydrogens is 243 g/mol. The van der Waals surface area contributed by atoms with E-state index in [9.17, 15) is 9.18 Å². The van der Waals surface area contributed by atoms with Gasteiger partial charge in [-0.05, 0) is 42.7 Å². The molecule has 0 saturated heterocycles. The summed E-state index contributed by atoms with van der Waals surface area (Å²) in [5.74, 6) is -0.689. The number of hydrogen-bond acceptors (Lipinski definition) is 3. The van der Waals surface area contributed by atoms with Gasteiger partial charge in [-0.3, -0.25) is 9.78 Å². The highest BCUT2D eigenvalue weighted by Crippen LogP contribution is 2.24. The average molecular weight is 256 g/mol. The van der Waals surface area contributed by atoms with Crippen molar-refractivity contribution in [1.29, 1.82) is 0 Å². The molecule has 0 radical (unpaired) electrons. The van der Waals surface area contributed by atoms with Gasteiger partial charge in [0.1, 0.15) is 5.82 Å². The molecule has 0 unspecified atom stereocenters. The van der Waals surface area contributed by atoms with Crippen LogP contribution in [0.5, 0.6) is 0 Å². The zero-order chi connectivity index (χ0) is 13.2. The van der Waals surface area contributed by atoms with Crippen LogP contribution in [0.1, 0.15) is 27.9 Å². The summed E-state index contributed by atoms with van der Waals surface area (Å²) in [5.41, 5.74) is 3.08. The van der Waals surface area contributed by atoms with Crippen LogP contribution in [0.3, 0.4) is 0 Å². The molecule has 1 aromatic carbocycles. The second kappa shape index (κ2) is 4.80. The number of aryl methyl sites for hydroxylation is 1. The van der Waals surface area contributed by atoms with Gasteiger partial charge in [-0.15, -0.1) is 0 Å². The van der Waals surface area contributed by atoms with Gasteiger partial charge in [-0.25, -0.2) is 4.39 Å². The third kappa shape index (κ3) is 2.34. The Labute approximate surface area is 110 Å². The van der Waals surface area contributed by atoms with Crippen molar-refractivity contribution in [3.63, 3.8) is 0 Å². The van der Waals surface area contributed by atoms with Gasteiger partial charge in [0.05, 0.1) is 6.20 Å². The predicted molar refractivity (Wildman–Crippen MR) is 70.9 cm³/mol. The Hall–Kier alpha value is -2.23. The zero-order valence-electron chi connectivity index (χ0n) is 10.3. The van der Waals surface area contributed by atoms with E-state index in [1.165, 1.54) is 12.3 Å². The number of halogens is 1. The Kier molecular flexibility index (Phi) is 2.99. The van der Waals surface area contributed by atoms with E-state index in [4.69, 9.17) is 0 Å². The molecule has 2 heterocycles. The fourth-order valence-corrected chi connectivity index (χ4v) is 2.32. The Morgan fingerprint density at radius 3 is 2.95 bits per heavy atom. The number of benzene rings is 1. The van der Waals surface area contributed by atoms with Gasteiger partial charge in [0, 0.05) is 29.6 Å². The van der Waals surface area contributed by atoms with E-state index >= 15 is 0 Å². The molecule has 0 spiro atoms. The number of anilines is 1. The van der Waals surface area contributed by atoms with E-state index in [1.807, 2.05) is 12.1 Å². The lowest BCUT2D eigenvalue weighted by Crippen LogP contribution is -2.13. The van der Waals surface area contributed by atoms with Crippen LogP contribution in [-0.4, -0.2) is 17.3 Å². The van der Waals surface area contributed by atoms with Gasteiger partial charge in [0.15, 0.2) is 5.78 Å². The first-order chi connectivity index (χ1) is 9.24. The lowest BCUT2D eigenvalue weighted by molar-refractivity contribution is 0.103. The predicted octanol–water partition coefficient (Wildman–Crippen LogP) is 2.81. The molecule has 0 fully saturated rings. The molecule has 4 heteroatoms. The van der Waals surface area contributed by atoms with Crippen LogP contribution in [-0.2, 0) is 6.42 Å². The second-order valence-electron chi connectivity index (χ2n) is 4.62. The summed E-state index contributed by atoms with van der Waals surface area (Å²) in [6.07, 6.45) is 4.51. The highest BCUT2D eigenvalue weighted by Gasteiger charge is 2.14. The SMILES string of the molecule is O=C(c1cncc(F)c1)c1ccc2c(c1)CCCN2.